The molecule has 2 aliphatic rings. The normalized spacial score (nSPS) is 21.0. The van der Waals surface area contributed by atoms with Gasteiger partial charge in [-0.15, -0.1) is 0 Å². The van der Waals surface area contributed by atoms with Gasteiger partial charge < -0.3 is 25.2 Å². The quantitative estimate of drug-likeness (QED) is 0.179. The average Bonchev–Trinajstić information content (AvgIpc) is 3.42. The molecular formula is C35H35F5N2O6. The van der Waals surface area contributed by atoms with Gasteiger partial charge in [0.05, 0.1) is 24.2 Å². The molecule has 0 radical (unpaired) electrons. The van der Waals surface area contributed by atoms with Crippen LogP contribution in [0, 0.1) is 29.4 Å². The lowest BCUT2D eigenvalue weighted by atomic mass is 9.61. The Morgan fingerprint density at radius 2 is 1.60 bits per heavy atom. The van der Waals surface area contributed by atoms with Gasteiger partial charge in [0.2, 0.25) is 5.91 Å². The number of benzene rings is 3. The fraction of sp³-hybridized carbons (Fsp3) is 0.400. The van der Waals surface area contributed by atoms with Crippen LogP contribution in [0.2, 0.25) is 0 Å². The molecule has 2 amide bonds. The third-order valence-electron chi connectivity index (χ3n) is 8.77. The van der Waals surface area contributed by atoms with Crippen LogP contribution < -0.4 is 15.4 Å². The fourth-order valence-electron chi connectivity index (χ4n) is 6.61. The van der Waals surface area contributed by atoms with E-state index in [0.717, 1.165) is 25.0 Å². The first-order valence-corrected chi connectivity index (χ1v) is 15.4. The number of aliphatic hydroxyl groups excluding tert-OH is 1. The Labute approximate surface area is 273 Å². The Morgan fingerprint density at radius 1 is 0.917 bits per heavy atom. The van der Waals surface area contributed by atoms with Crippen molar-refractivity contribution in [3.8, 4) is 16.9 Å². The molecule has 2 saturated carbocycles. The molecule has 1 unspecified atom stereocenters. The molecule has 5 rings (SSSR count). The SMILES string of the molecule is COc1ccc(-c2cc(C(O)C(=O)OC(C)(C)C)ccc2F)cc1C(=O)N[C@H]1[C@@H]2CCC[C@@H]2[C@H]1C(=O)Nc1ccc(F)c(C(F)(F)F)c1. The number of methoxy groups -OCH3 is 1. The Balaban J connectivity index is 1.38. The lowest BCUT2D eigenvalue weighted by molar-refractivity contribution is -0.165. The highest BCUT2D eigenvalue weighted by molar-refractivity contribution is 6.00. The maximum atomic E-state index is 15.1. The van der Waals surface area contributed by atoms with Gasteiger partial charge in [-0.2, -0.15) is 13.2 Å². The second kappa shape index (κ2) is 13.2. The summed E-state index contributed by atoms with van der Waals surface area (Å²) in [5, 5.41) is 15.9. The molecule has 8 nitrogen and oxygen atoms in total. The molecule has 13 heteroatoms. The summed E-state index contributed by atoms with van der Waals surface area (Å²) in [7, 11) is 1.34. The van der Waals surface area contributed by atoms with Crippen LogP contribution in [0.25, 0.3) is 11.1 Å². The van der Waals surface area contributed by atoms with Crippen molar-refractivity contribution < 1.29 is 50.9 Å². The Hall–Kier alpha value is -4.52. The van der Waals surface area contributed by atoms with E-state index in [4.69, 9.17) is 9.47 Å². The summed E-state index contributed by atoms with van der Waals surface area (Å²) in [6.07, 6.45) is -4.44. The number of esters is 1. The number of alkyl halides is 3. The highest BCUT2D eigenvalue weighted by atomic mass is 19.4. The van der Waals surface area contributed by atoms with E-state index >= 15 is 4.39 Å². The molecule has 5 atom stereocenters. The zero-order valence-corrected chi connectivity index (χ0v) is 26.6. The van der Waals surface area contributed by atoms with E-state index in [1.165, 1.54) is 37.4 Å². The van der Waals surface area contributed by atoms with E-state index < -0.39 is 64.8 Å². The van der Waals surface area contributed by atoms with Crippen LogP contribution in [-0.2, 0) is 20.5 Å². The van der Waals surface area contributed by atoms with Gasteiger partial charge >= 0.3 is 12.1 Å². The molecule has 2 fully saturated rings. The van der Waals surface area contributed by atoms with E-state index in [1.807, 2.05) is 0 Å². The lowest BCUT2D eigenvalue weighted by Gasteiger charge is -2.48. The van der Waals surface area contributed by atoms with Crippen molar-refractivity contribution in [3.63, 3.8) is 0 Å². The zero-order chi connectivity index (χ0) is 35.1. The van der Waals surface area contributed by atoms with Gasteiger partial charge in [0.1, 0.15) is 23.0 Å². The maximum Gasteiger partial charge on any atom is 0.419 e. The molecule has 2 aliphatic carbocycles. The number of carbonyl (C=O) groups excluding carboxylic acids is 3. The molecule has 0 aromatic heterocycles. The van der Waals surface area contributed by atoms with Gasteiger partial charge in [0, 0.05) is 17.3 Å². The van der Waals surface area contributed by atoms with Crippen LogP contribution >= 0.6 is 0 Å². The number of ether oxygens (including phenoxy) is 2. The van der Waals surface area contributed by atoms with Crippen molar-refractivity contribution in [1.29, 1.82) is 0 Å². The van der Waals surface area contributed by atoms with Crippen molar-refractivity contribution in [1.82, 2.24) is 5.32 Å². The first-order chi connectivity index (χ1) is 22.5. The molecule has 0 aliphatic heterocycles. The van der Waals surface area contributed by atoms with Gasteiger partial charge in [0.15, 0.2) is 6.10 Å². The van der Waals surface area contributed by atoms with Crippen molar-refractivity contribution in [2.24, 2.45) is 17.8 Å². The molecule has 0 heterocycles. The van der Waals surface area contributed by atoms with Crippen molar-refractivity contribution in [3.05, 3.63) is 82.9 Å². The van der Waals surface area contributed by atoms with E-state index in [0.29, 0.717) is 18.6 Å². The summed E-state index contributed by atoms with van der Waals surface area (Å²) in [4.78, 5) is 39.5. The van der Waals surface area contributed by atoms with Crippen LogP contribution in [0.1, 0.15) is 67.6 Å². The molecular weight excluding hydrogens is 639 g/mol. The number of halogens is 5. The fourth-order valence-corrected chi connectivity index (χ4v) is 6.61. The predicted octanol–water partition coefficient (Wildman–Crippen LogP) is 6.82. The number of rotatable bonds is 8. The monoisotopic (exact) mass is 674 g/mol. The van der Waals surface area contributed by atoms with Crippen molar-refractivity contribution in [2.75, 3.05) is 12.4 Å². The minimum absolute atomic E-state index is 0.0129. The van der Waals surface area contributed by atoms with Crippen LogP contribution in [-0.4, -0.2) is 41.6 Å². The number of aliphatic hydroxyl groups is 1. The van der Waals surface area contributed by atoms with E-state index in [2.05, 4.69) is 10.6 Å². The summed E-state index contributed by atoms with van der Waals surface area (Å²) < 4.78 is 79.3. The minimum Gasteiger partial charge on any atom is -0.496 e. The van der Waals surface area contributed by atoms with Gasteiger partial charge in [-0.1, -0.05) is 18.6 Å². The smallest absolute Gasteiger partial charge is 0.419 e. The Bertz CT molecular complexity index is 1740. The largest absolute Gasteiger partial charge is 0.496 e. The maximum absolute atomic E-state index is 15.1. The van der Waals surface area contributed by atoms with E-state index in [1.54, 1.807) is 20.8 Å². The van der Waals surface area contributed by atoms with Crippen LogP contribution in [0.3, 0.4) is 0 Å². The molecule has 3 N–H and O–H groups in total. The standard InChI is InChI=1S/C35H35F5N2O6/c1-34(2,3)48-33(46)30(43)18-8-11-25(36)22(15-18)17-9-13-27(47-4)23(14-17)31(44)42-29-21-7-5-6-20(21)28(29)32(45)41-19-10-12-26(37)24(16-19)35(38,39)40/h8-16,20-21,28-30,43H,5-7H2,1-4H3,(H,41,45)(H,42,44)/t20-,21+,28+,29-,30?/m0/s1. The number of carbonyl (C=O) groups is 3. The number of nitrogens with one attached hydrogen (secondary N) is 2. The predicted molar refractivity (Wildman–Crippen MR) is 165 cm³/mol. The summed E-state index contributed by atoms with van der Waals surface area (Å²) in [5.74, 6) is -5.09. The number of amides is 2. The molecule has 0 saturated heterocycles. The number of hydrogen-bond acceptors (Lipinski definition) is 6. The Morgan fingerprint density at radius 3 is 2.27 bits per heavy atom. The summed E-state index contributed by atoms with van der Waals surface area (Å²) in [6.45, 7) is 4.92. The average molecular weight is 675 g/mol. The summed E-state index contributed by atoms with van der Waals surface area (Å²) >= 11 is 0. The summed E-state index contributed by atoms with van der Waals surface area (Å²) in [5.41, 5.74) is -2.30. The van der Waals surface area contributed by atoms with E-state index in [9.17, 15) is 37.1 Å². The number of fused-ring (bicyclic) bond motifs is 1. The van der Waals surface area contributed by atoms with Crippen LogP contribution in [0.5, 0.6) is 5.75 Å². The molecule has 48 heavy (non-hydrogen) atoms. The van der Waals surface area contributed by atoms with Gasteiger partial charge in [-0.25, -0.2) is 13.6 Å². The summed E-state index contributed by atoms with van der Waals surface area (Å²) in [6, 6.07) is 9.49. The lowest BCUT2D eigenvalue weighted by Crippen LogP contribution is -2.61. The third-order valence-corrected chi connectivity index (χ3v) is 8.77. The highest BCUT2D eigenvalue weighted by Crippen LogP contribution is 2.52. The molecule has 3 aromatic rings. The van der Waals surface area contributed by atoms with Gasteiger partial charge in [-0.05, 0) is 99.0 Å². The number of hydrogen-bond donors (Lipinski definition) is 3. The second-order valence-corrected chi connectivity index (χ2v) is 13.1. The molecule has 3 aromatic carbocycles. The highest BCUT2D eigenvalue weighted by Gasteiger charge is 2.56. The van der Waals surface area contributed by atoms with Crippen molar-refractivity contribution >= 4 is 23.5 Å². The van der Waals surface area contributed by atoms with Crippen LogP contribution in [0.15, 0.2) is 54.6 Å². The minimum atomic E-state index is -4.95. The molecule has 256 valence electrons. The molecule has 0 spiro atoms. The first kappa shape index (κ1) is 34.8. The zero-order valence-electron chi connectivity index (χ0n) is 26.6. The third kappa shape index (κ3) is 7.15. The van der Waals surface area contributed by atoms with E-state index in [-0.39, 0.29) is 45.5 Å². The van der Waals surface area contributed by atoms with Gasteiger partial charge in [-0.3, -0.25) is 9.59 Å². The second-order valence-electron chi connectivity index (χ2n) is 13.1. The van der Waals surface area contributed by atoms with Gasteiger partial charge in [0.25, 0.3) is 5.91 Å². The topological polar surface area (TPSA) is 114 Å². The Kier molecular flexibility index (Phi) is 9.55. The number of anilines is 1. The van der Waals surface area contributed by atoms with Crippen molar-refractivity contribution in [2.45, 2.75) is 64.0 Å². The first-order valence-electron chi connectivity index (χ1n) is 15.4. The molecule has 0 bridgehead atoms. The van der Waals surface area contributed by atoms with Crippen LogP contribution in [0.4, 0.5) is 27.6 Å².